The summed E-state index contributed by atoms with van der Waals surface area (Å²) in [6, 6.07) is 11.5. The Morgan fingerprint density at radius 2 is 2.08 bits per heavy atom. The molecular formula is C18H17FN4O. The van der Waals surface area contributed by atoms with E-state index in [0.29, 0.717) is 24.1 Å². The summed E-state index contributed by atoms with van der Waals surface area (Å²) in [6.07, 6.45) is 2.98. The van der Waals surface area contributed by atoms with Crippen LogP contribution >= 0.6 is 0 Å². The molecule has 1 fully saturated rings. The van der Waals surface area contributed by atoms with Gasteiger partial charge in [-0.3, -0.25) is 4.79 Å². The second kappa shape index (κ2) is 7.09. The van der Waals surface area contributed by atoms with Gasteiger partial charge in [-0.1, -0.05) is 6.07 Å². The van der Waals surface area contributed by atoms with Crippen molar-refractivity contribution >= 4 is 17.4 Å². The molecule has 1 saturated heterocycles. The number of pyridine rings is 1. The molecule has 2 aromatic rings. The molecule has 1 aliphatic rings. The minimum atomic E-state index is -0.366. The van der Waals surface area contributed by atoms with E-state index < -0.39 is 0 Å². The van der Waals surface area contributed by atoms with Crippen molar-refractivity contribution in [2.45, 2.75) is 12.8 Å². The molecule has 0 radical (unpaired) electrons. The fourth-order valence-electron chi connectivity index (χ4n) is 2.82. The van der Waals surface area contributed by atoms with Crippen LogP contribution in [0.15, 0.2) is 42.6 Å². The highest BCUT2D eigenvalue weighted by Crippen LogP contribution is 2.23. The summed E-state index contributed by atoms with van der Waals surface area (Å²) < 4.78 is 13.2. The Bertz CT molecular complexity index is 761. The van der Waals surface area contributed by atoms with E-state index in [4.69, 9.17) is 5.26 Å². The third-order valence-electron chi connectivity index (χ3n) is 4.16. The quantitative estimate of drug-likeness (QED) is 0.942. The molecule has 1 amide bonds. The largest absolute Gasteiger partial charge is 0.357 e. The number of anilines is 2. The Labute approximate surface area is 139 Å². The zero-order valence-electron chi connectivity index (χ0n) is 13.1. The predicted octanol–water partition coefficient (Wildman–Crippen LogP) is 2.95. The van der Waals surface area contributed by atoms with Gasteiger partial charge in [-0.15, -0.1) is 0 Å². The number of piperidine rings is 1. The van der Waals surface area contributed by atoms with Gasteiger partial charge in [0.25, 0.3) is 0 Å². The van der Waals surface area contributed by atoms with E-state index >= 15 is 0 Å². The number of halogens is 1. The molecule has 0 atom stereocenters. The number of carbonyl (C=O) groups excluding carboxylic acids is 1. The first-order valence-corrected chi connectivity index (χ1v) is 7.83. The standard InChI is InChI=1S/C18H17FN4O/c19-15-2-1-3-16(10-15)22-18(24)14-6-8-23(9-7-14)17-5-4-13(11-20)12-21-17/h1-5,10,12,14H,6-9H2,(H,22,24). The summed E-state index contributed by atoms with van der Waals surface area (Å²) in [7, 11) is 0. The maximum atomic E-state index is 13.2. The molecule has 0 saturated carbocycles. The van der Waals surface area contributed by atoms with Crippen molar-refractivity contribution in [2.75, 3.05) is 23.3 Å². The molecule has 2 heterocycles. The number of carbonyl (C=O) groups is 1. The summed E-state index contributed by atoms with van der Waals surface area (Å²) in [5.74, 6) is 0.281. The van der Waals surface area contributed by atoms with Gasteiger partial charge in [0.2, 0.25) is 5.91 Å². The summed E-state index contributed by atoms with van der Waals surface area (Å²) in [4.78, 5) is 18.7. The van der Waals surface area contributed by atoms with Crippen LogP contribution in [0.1, 0.15) is 18.4 Å². The Hall–Kier alpha value is -2.94. The summed E-state index contributed by atoms with van der Waals surface area (Å²) >= 11 is 0. The van der Waals surface area contributed by atoms with E-state index in [9.17, 15) is 9.18 Å². The van der Waals surface area contributed by atoms with Crippen LogP contribution < -0.4 is 10.2 Å². The Morgan fingerprint density at radius 1 is 1.29 bits per heavy atom. The Morgan fingerprint density at radius 3 is 2.71 bits per heavy atom. The first kappa shape index (κ1) is 15.9. The summed E-state index contributed by atoms with van der Waals surface area (Å²) in [5.41, 5.74) is 1.01. The van der Waals surface area contributed by atoms with E-state index in [1.165, 1.54) is 12.1 Å². The lowest BCUT2D eigenvalue weighted by Gasteiger charge is -2.32. The van der Waals surface area contributed by atoms with Crippen LogP contribution in [0, 0.1) is 23.1 Å². The van der Waals surface area contributed by atoms with Gasteiger partial charge in [-0.05, 0) is 43.2 Å². The number of aromatic nitrogens is 1. The predicted molar refractivity (Wildman–Crippen MR) is 88.9 cm³/mol. The van der Waals surface area contributed by atoms with Gasteiger partial charge in [0.1, 0.15) is 17.7 Å². The van der Waals surface area contributed by atoms with Gasteiger partial charge in [-0.25, -0.2) is 9.37 Å². The van der Waals surface area contributed by atoms with Crippen LogP contribution in [0.2, 0.25) is 0 Å². The van der Waals surface area contributed by atoms with E-state index in [0.717, 1.165) is 18.9 Å². The fourth-order valence-corrected chi connectivity index (χ4v) is 2.82. The number of nitrogens with one attached hydrogen (secondary N) is 1. The van der Waals surface area contributed by atoms with E-state index in [-0.39, 0.29) is 17.6 Å². The molecule has 1 aliphatic heterocycles. The maximum absolute atomic E-state index is 13.2. The lowest BCUT2D eigenvalue weighted by Crippen LogP contribution is -2.38. The Kier molecular flexibility index (Phi) is 4.71. The molecule has 1 aromatic heterocycles. The summed E-state index contributed by atoms with van der Waals surface area (Å²) in [6.45, 7) is 1.44. The molecule has 0 aliphatic carbocycles. The van der Waals surface area contributed by atoms with Gasteiger partial charge in [0.15, 0.2) is 0 Å². The van der Waals surface area contributed by atoms with Gasteiger partial charge >= 0.3 is 0 Å². The maximum Gasteiger partial charge on any atom is 0.227 e. The van der Waals surface area contributed by atoms with Crippen LogP contribution in [-0.4, -0.2) is 24.0 Å². The minimum Gasteiger partial charge on any atom is -0.357 e. The molecule has 122 valence electrons. The van der Waals surface area contributed by atoms with Crippen LogP contribution in [0.5, 0.6) is 0 Å². The lowest BCUT2D eigenvalue weighted by atomic mass is 9.95. The molecule has 5 nitrogen and oxygen atoms in total. The number of hydrogen-bond acceptors (Lipinski definition) is 4. The SMILES string of the molecule is N#Cc1ccc(N2CCC(C(=O)Nc3cccc(F)c3)CC2)nc1. The third kappa shape index (κ3) is 3.69. The van der Waals surface area contributed by atoms with Crippen LogP contribution in [-0.2, 0) is 4.79 Å². The number of amides is 1. The summed E-state index contributed by atoms with van der Waals surface area (Å²) in [5, 5.41) is 11.6. The van der Waals surface area contributed by atoms with E-state index in [2.05, 4.69) is 15.2 Å². The normalized spacial score (nSPS) is 14.9. The molecule has 24 heavy (non-hydrogen) atoms. The number of benzene rings is 1. The topological polar surface area (TPSA) is 69.0 Å². The van der Waals surface area contributed by atoms with Crippen LogP contribution in [0.4, 0.5) is 15.9 Å². The molecule has 6 heteroatoms. The molecule has 0 unspecified atom stereocenters. The van der Waals surface area contributed by atoms with E-state index in [1.807, 2.05) is 12.1 Å². The van der Waals surface area contributed by atoms with Crippen molar-refractivity contribution in [3.05, 3.63) is 54.0 Å². The zero-order valence-corrected chi connectivity index (χ0v) is 13.1. The van der Waals surface area contributed by atoms with Gasteiger partial charge in [-0.2, -0.15) is 5.26 Å². The highest BCUT2D eigenvalue weighted by molar-refractivity contribution is 5.92. The van der Waals surface area contributed by atoms with Gasteiger partial charge in [0, 0.05) is 30.9 Å². The second-order valence-corrected chi connectivity index (χ2v) is 5.78. The first-order chi connectivity index (χ1) is 11.7. The highest BCUT2D eigenvalue weighted by atomic mass is 19.1. The average Bonchev–Trinajstić information content (AvgIpc) is 2.62. The third-order valence-corrected chi connectivity index (χ3v) is 4.16. The monoisotopic (exact) mass is 324 g/mol. The number of rotatable bonds is 3. The zero-order chi connectivity index (χ0) is 16.9. The molecule has 0 spiro atoms. The molecule has 1 N–H and O–H groups in total. The van der Waals surface area contributed by atoms with Crippen molar-refractivity contribution < 1.29 is 9.18 Å². The van der Waals surface area contributed by atoms with Gasteiger partial charge < -0.3 is 10.2 Å². The lowest BCUT2D eigenvalue weighted by molar-refractivity contribution is -0.120. The Balaban J connectivity index is 1.56. The molecule has 3 rings (SSSR count). The molecule has 0 bridgehead atoms. The van der Waals surface area contributed by atoms with Crippen molar-refractivity contribution in [2.24, 2.45) is 5.92 Å². The van der Waals surface area contributed by atoms with Gasteiger partial charge in [0.05, 0.1) is 5.56 Å². The number of nitriles is 1. The molecule has 1 aromatic carbocycles. The highest BCUT2D eigenvalue weighted by Gasteiger charge is 2.25. The van der Waals surface area contributed by atoms with Crippen molar-refractivity contribution in [1.82, 2.24) is 4.98 Å². The molecular weight excluding hydrogens is 307 g/mol. The number of hydrogen-bond donors (Lipinski definition) is 1. The van der Waals surface area contributed by atoms with E-state index in [1.54, 1.807) is 24.4 Å². The van der Waals surface area contributed by atoms with Crippen molar-refractivity contribution in [3.63, 3.8) is 0 Å². The van der Waals surface area contributed by atoms with Crippen molar-refractivity contribution in [3.8, 4) is 6.07 Å². The average molecular weight is 324 g/mol. The smallest absolute Gasteiger partial charge is 0.227 e. The minimum absolute atomic E-state index is 0.0759. The van der Waals surface area contributed by atoms with Crippen LogP contribution in [0.25, 0.3) is 0 Å². The number of nitrogens with zero attached hydrogens (tertiary/aromatic N) is 3. The second-order valence-electron chi connectivity index (χ2n) is 5.78. The fraction of sp³-hybridized carbons (Fsp3) is 0.278. The van der Waals surface area contributed by atoms with Crippen molar-refractivity contribution in [1.29, 1.82) is 5.26 Å². The van der Waals surface area contributed by atoms with Crippen LogP contribution in [0.3, 0.4) is 0 Å². The first-order valence-electron chi connectivity index (χ1n) is 7.83.